The zero-order valence-corrected chi connectivity index (χ0v) is 22.7. The number of hydrogen-bond acceptors (Lipinski definition) is 9. The highest BCUT2D eigenvalue weighted by Crippen LogP contribution is 2.37. The average Bonchev–Trinajstić information content (AvgIpc) is 2.98. The maximum Gasteiger partial charge on any atom is 0.355 e. The minimum atomic E-state index is -0.756. The first kappa shape index (κ1) is 29.1. The summed E-state index contributed by atoms with van der Waals surface area (Å²) in [5.74, 6) is -0.497. The summed E-state index contributed by atoms with van der Waals surface area (Å²) in [6.07, 6.45) is 8.27. The van der Waals surface area contributed by atoms with Gasteiger partial charge in [0.2, 0.25) is 0 Å². The van der Waals surface area contributed by atoms with E-state index in [0.717, 1.165) is 0 Å². The summed E-state index contributed by atoms with van der Waals surface area (Å²) in [6, 6.07) is 14.3. The van der Waals surface area contributed by atoms with E-state index in [-0.39, 0.29) is 24.6 Å². The van der Waals surface area contributed by atoms with E-state index >= 15 is 0 Å². The number of amides is 2. The van der Waals surface area contributed by atoms with Gasteiger partial charge in [0.05, 0.1) is 4.92 Å². The Morgan fingerprint density at radius 2 is 1.77 bits per heavy atom. The van der Waals surface area contributed by atoms with Gasteiger partial charge in [-0.1, -0.05) is 37.5 Å². The van der Waals surface area contributed by atoms with E-state index in [9.17, 15) is 24.5 Å². The topological polar surface area (TPSA) is 154 Å². The van der Waals surface area contributed by atoms with Crippen LogP contribution in [0.3, 0.4) is 0 Å². The van der Waals surface area contributed by atoms with Crippen LogP contribution >= 0.6 is 11.8 Å². The summed E-state index contributed by atoms with van der Waals surface area (Å²) < 4.78 is 10.7. The first-order chi connectivity index (χ1) is 19.3. The predicted octanol–water partition coefficient (Wildman–Crippen LogP) is 3.28. The number of hydrogen-bond donors (Lipinski definition) is 2. The number of esters is 1. The summed E-state index contributed by atoms with van der Waals surface area (Å²) in [4.78, 5) is 48.9. The Morgan fingerprint density at radius 1 is 1.07 bits per heavy atom. The molecule has 3 N–H and O–H groups in total. The number of ether oxygens (including phenoxy) is 2. The fourth-order valence-corrected chi connectivity index (χ4v) is 5.68. The Morgan fingerprint density at radius 3 is 2.40 bits per heavy atom. The zero-order valence-electron chi connectivity index (χ0n) is 21.9. The summed E-state index contributed by atoms with van der Waals surface area (Å²) in [5.41, 5.74) is 6.27. The third kappa shape index (κ3) is 7.60. The van der Waals surface area contributed by atoms with Gasteiger partial charge >= 0.3 is 5.97 Å². The molecule has 2 atom stereocenters. The zero-order chi connectivity index (χ0) is 28.5. The minimum absolute atomic E-state index is 0.0617. The van der Waals surface area contributed by atoms with Crippen molar-refractivity contribution in [2.24, 2.45) is 5.73 Å². The molecule has 11 nitrogen and oxygen atoms in total. The molecule has 2 aromatic carbocycles. The van der Waals surface area contributed by atoms with Crippen LogP contribution in [0.5, 0.6) is 5.75 Å². The normalized spacial score (nSPS) is 20.1. The van der Waals surface area contributed by atoms with E-state index in [1.807, 2.05) is 6.07 Å². The van der Waals surface area contributed by atoms with Crippen molar-refractivity contribution in [3.8, 4) is 5.75 Å². The van der Waals surface area contributed by atoms with Crippen LogP contribution in [0, 0.1) is 10.1 Å². The van der Waals surface area contributed by atoms with Crippen molar-refractivity contribution in [2.75, 3.05) is 12.4 Å². The maximum absolute atomic E-state index is 12.6. The molecule has 40 heavy (non-hydrogen) atoms. The van der Waals surface area contributed by atoms with Crippen LogP contribution < -0.4 is 15.8 Å². The number of nitrogens with zero attached hydrogens (tertiary/aromatic N) is 2. The molecule has 5 rings (SSSR count). The number of nitro benzene ring substituents is 1. The van der Waals surface area contributed by atoms with Crippen LogP contribution in [-0.2, 0) is 25.7 Å². The van der Waals surface area contributed by atoms with Crippen molar-refractivity contribution in [3.05, 3.63) is 82.0 Å². The third-order valence-electron chi connectivity index (χ3n) is 6.65. The van der Waals surface area contributed by atoms with Gasteiger partial charge in [-0.2, -0.15) is 0 Å². The quantitative estimate of drug-likeness (QED) is 0.211. The summed E-state index contributed by atoms with van der Waals surface area (Å²) in [7, 11) is 0. The summed E-state index contributed by atoms with van der Waals surface area (Å²) in [6.45, 7) is -0.323. The van der Waals surface area contributed by atoms with Crippen molar-refractivity contribution in [2.45, 2.75) is 56.2 Å². The molecule has 0 spiro atoms. The van der Waals surface area contributed by atoms with Crippen LogP contribution in [0.1, 0.15) is 37.7 Å². The van der Waals surface area contributed by atoms with Gasteiger partial charge in [-0.3, -0.25) is 24.6 Å². The smallest absolute Gasteiger partial charge is 0.355 e. The van der Waals surface area contributed by atoms with Crippen molar-refractivity contribution < 1.29 is 28.8 Å². The number of carbonyl (C=O) groups excluding carboxylic acids is 3. The van der Waals surface area contributed by atoms with Gasteiger partial charge in [-0.15, -0.1) is 11.8 Å². The monoisotopic (exact) mass is 568 g/mol. The van der Waals surface area contributed by atoms with E-state index in [0.29, 0.717) is 23.1 Å². The minimum Gasteiger partial charge on any atom is -0.484 e. The molecule has 3 aliphatic rings. The second-order valence-electron chi connectivity index (χ2n) is 9.57. The van der Waals surface area contributed by atoms with Crippen LogP contribution in [0.4, 0.5) is 5.69 Å². The van der Waals surface area contributed by atoms with Gasteiger partial charge in [0.25, 0.3) is 17.5 Å². The second kappa shape index (κ2) is 13.9. The summed E-state index contributed by atoms with van der Waals surface area (Å²) in [5, 5.41) is 13.0. The molecule has 0 bridgehead atoms. The lowest BCUT2D eigenvalue weighted by molar-refractivity contribution is -0.384. The number of thioether (sulfide) groups is 1. The highest BCUT2D eigenvalue weighted by molar-refractivity contribution is 8.00. The molecule has 0 radical (unpaired) electrons. The van der Waals surface area contributed by atoms with Crippen LogP contribution in [-0.4, -0.2) is 57.4 Å². The largest absolute Gasteiger partial charge is 0.484 e. The van der Waals surface area contributed by atoms with Gasteiger partial charge in [0.15, 0.2) is 6.61 Å². The molecule has 1 saturated carbocycles. The van der Waals surface area contributed by atoms with E-state index in [1.165, 1.54) is 73.0 Å². The first-order valence-corrected chi connectivity index (χ1v) is 14.2. The molecule has 0 aromatic heterocycles. The van der Waals surface area contributed by atoms with Gasteiger partial charge < -0.3 is 20.5 Å². The fourth-order valence-electron chi connectivity index (χ4n) is 4.48. The van der Waals surface area contributed by atoms with Crippen molar-refractivity contribution in [3.63, 3.8) is 0 Å². The molecular formula is C28H32N4O7S. The SMILES string of the molecule is NC1CCCCC1.O=C(COc1ccccc1)N[C@@H]1C(=O)N2C(C(=O)OCc3ccc([N+](=O)[O-])cc3)=CCS[C@@H]12. The molecular weight excluding hydrogens is 536 g/mol. The number of carbonyl (C=O) groups is 3. The second-order valence-corrected chi connectivity index (χ2v) is 10.7. The number of β-lactam (4-membered cyclic amide) rings is 1. The van der Waals surface area contributed by atoms with Crippen LogP contribution in [0.25, 0.3) is 0 Å². The molecule has 2 amide bonds. The van der Waals surface area contributed by atoms with E-state index < -0.39 is 34.1 Å². The molecule has 1 aliphatic carbocycles. The Kier molecular flexibility index (Phi) is 10.1. The van der Waals surface area contributed by atoms with Crippen molar-refractivity contribution in [1.82, 2.24) is 10.2 Å². The van der Waals surface area contributed by atoms with Crippen LogP contribution in [0.2, 0.25) is 0 Å². The van der Waals surface area contributed by atoms with E-state index in [4.69, 9.17) is 15.2 Å². The molecule has 2 heterocycles. The number of non-ortho nitro benzene ring substituents is 1. The predicted molar refractivity (Wildman–Crippen MR) is 149 cm³/mol. The lowest BCUT2D eigenvalue weighted by atomic mass is 9.97. The number of nitrogens with one attached hydrogen (secondary N) is 1. The molecule has 0 unspecified atom stereocenters. The Labute approximate surface area is 236 Å². The highest BCUT2D eigenvalue weighted by atomic mass is 32.2. The molecule has 2 aromatic rings. The average molecular weight is 569 g/mol. The number of nitrogens with two attached hydrogens (primary N) is 1. The van der Waals surface area contributed by atoms with Gasteiger partial charge in [0, 0.05) is 23.9 Å². The third-order valence-corrected chi connectivity index (χ3v) is 7.84. The molecule has 1 saturated heterocycles. The maximum atomic E-state index is 12.6. The number of benzene rings is 2. The summed E-state index contributed by atoms with van der Waals surface area (Å²) >= 11 is 1.42. The molecule has 212 valence electrons. The molecule has 12 heteroatoms. The van der Waals surface area contributed by atoms with Gasteiger partial charge in [-0.25, -0.2) is 4.79 Å². The highest BCUT2D eigenvalue weighted by Gasteiger charge is 2.53. The van der Waals surface area contributed by atoms with Crippen LogP contribution in [0.15, 0.2) is 66.4 Å². The number of para-hydroxylation sites is 1. The van der Waals surface area contributed by atoms with E-state index in [2.05, 4.69) is 5.32 Å². The number of fused-ring (bicyclic) bond motifs is 1. The lowest BCUT2D eigenvalue weighted by Crippen LogP contribution is -2.70. The number of nitro groups is 1. The standard InChI is InChI=1S/C22H19N3O7S.C6H13N/c26-18(13-31-16-4-2-1-3-5-16)23-19-20(27)24-17(10-11-33-21(19)24)22(28)32-12-14-6-8-15(9-7-14)25(29)30;7-6-4-2-1-3-5-6/h1-10,19,21H,11-13H2,(H,23,26);6H,1-5,7H2/t19-,21+;/m1./s1. The van der Waals surface area contributed by atoms with Crippen molar-refractivity contribution >= 4 is 35.2 Å². The fraction of sp³-hybridized carbons (Fsp3) is 0.393. The molecule has 2 aliphatic heterocycles. The lowest BCUT2D eigenvalue weighted by Gasteiger charge is -2.48. The molecule has 2 fully saturated rings. The van der Waals surface area contributed by atoms with E-state index in [1.54, 1.807) is 30.3 Å². The Bertz CT molecular complexity index is 1230. The van der Waals surface area contributed by atoms with Crippen molar-refractivity contribution in [1.29, 1.82) is 0 Å². The van der Waals surface area contributed by atoms with Gasteiger partial charge in [-0.05, 0) is 48.7 Å². The first-order valence-electron chi connectivity index (χ1n) is 13.1. The van der Waals surface area contributed by atoms with Gasteiger partial charge in [0.1, 0.15) is 29.5 Å². The number of rotatable bonds is 8. The Hall–Kier alpha value is -3.90. The Balaban J connectivity index is 0.000000461.